The van der Waals surface area contributed by atoms with E-state index < -0.39 is 0 Å². The van der Waals surface area contributed by atoms with Crippen molar-refractivity contribution in [2.24, 2.45) is 0 Å². The molecule has 3 aromatic rings. The summed E-state index contributed by atoms with van der Waals surface area (Å²) in [5, 5.41) is 0. The van der Waals surface area contributed by atoms with Crippen LogP contribution in [0, 0.1) is 20.8 Å². The molecule has 0 amide bonds. The van der Waals surface area contributed by atoms with Crippen molar-refractivity contribution in [2.45, 2.75) is 20.8 Å². The van der Waals surface area contributed by atoms with Gasteiger partial charge in [-0.05, 0) is 62.7 Å². The molecule has 20 heavy (non-hydrogen) atoms. The van der Waals surface area contributed by atoms with Gasteiger partial charge in [0.1, 0.15) is 0 Å². The van der Waals surface area contributed by atoms with Gasteiger partial charge < -0.3 is 4.98 Å². The van der Waals surface area contributed by atoms with Crippen molar-refractivity contribution in [3.63, 3.8) is 0 Å². The van der Waals surface area contributed by atoms with E-state index in [2.05, 4.69) is 15.0 Å². The second-order valence-corrected chi connectivity index (χ2v) is 4.35. The van der Waals surface area contributed by atoms with Crippen molar-refractivity contribution < 1.29 is 0 Å². The highest BCUT2D eigenvalue weighted by atomic mass is 14.7. The van der Waals surface area contributed by atoms with Gasteiger partial charge in [-0.15, -0.1) is 0 Å². The van der Waals surface area contributed by atoms with Gasteiger partial charge in [-0.3, -0.25) is 9.97 Å². The van der Waals surface area contributed by atoms with Crippen molar-refractivity contribution in [3.05, 3.63) is 84.2 Å². The largest absolute Gasteiger partial charge is 0.365 e. The minimum atomic E-state index is 1.07. The average Bonchev–Trinajstić information content (AvgIpc) is 2.93. The Hall–Kier alpha value is -2.42. The Morgan fingerprint density at radius 2 is 1.55 bits per heavy atom. The van der Waals surface area contributed by atoms with Crippen molar-refractivity contribution in [1.29, 1.82) is 0 Å². The van der Waals surface area contributed by atoms with Crippen molar-refractivity contribution in [2.75, 3.05) is 0 Å². The third kappa shape index (κ3) is 7.82. The number of pyridine rings is 2. The average molecular weight is 267 g/mol. The number of aryl methyl sites for hydroxylation is 3. The number of hydrogen-bond acceptors (Lipinski definition) is 2. The fourth-order valence-electron chi connectivity index (χ4n) is 1.29. The van der Waals surface area contributed by atoms with E-state index in [0.29, 0.717) is 0 Å². The standard InChI is InChI=1S/2C6H7N.C5H7N/c1-6-2-4-7-5-3-6;1-6-4-2-3-5-7-6;1-5-3-2-4-6-5/h2*2-5H,1H3;2-4,6H,1H3. The fourth-order valence-corrected chi connectivity index (χ4v) is 1.29. The van der Waals surface area contributed by atoms with Crippen molar-refractivity contribution in [1.82, 2.24) is 15.0 Å². The summed E-state index contributed by atoms with van der Waals surface area (Å²) in [4.78, 5) is 10.8. The van der Waals surface area contributed by atoms with Gasteiger partial charge in [0.05, 0.1) is 0 Å². The van der Waals surface area contributed by atoms with Crippen LogP contribution in [0.5, 0.6) is 0 Å². The van der Waals surface area contributed by atoms with Crippen molar-refractivity contribution >= 4 is 0 Å². The summed E-state index contributed by atoms with van der Waals surface area (Å²) in [6.07, 6.45) is 7.27. The number of hydrogen-bond donors (Lipinski definition) is 1. The molecule has 3 nitrogen and oxygen atoms in total. The molecule has 0 aliphatic heterocycles. The zero-order chi connectivity index (χ0) is 14.6. The highest BCUT2D eigenvalue weighted by molar-refractivity contribution is 5.05. The Morgan fingerprint density at radius 1 is 0.800 bits per heavy atom. The molecular formula is C17H21N3. The van der Waals surface area contributed by atoms with Crippen LogP contribution in [-0.4, -0.2) is 15.0 Å². The molecule has 1 N–H and O–H groups in total. The SMILES string of the molecule is Cc1ccc[nH]1.Cc1ccccn1.Cc1ccncc1. The first kappa shape index (κ1) is 15.6. The molecule has 0 atom stereocenters. The van der Waals surface area contributed by atoms with E-state index >= 15 is 0 Å². The van der Waals surface area contributed by atoms with Crippen LogP contribution in [0.25, 0.3) is 0 Å². The van der Waals surface area contributed by atoms with Gasteiger partial charge in [0.2, 0.25) is 0 Å². The monoisotopic (exact) mass is 267 g/mol. The molecule has 0 aliphatic carbocycles. The van der Waals surface area contributed by atoms with Crippen molar-refractivity contribution in [3.8, 4) is 0 Å². The maximum Gasteiger partial charge on any atom is 0.0372 e. The van der Waals surface area contributed by atoms with Crippen LogP contribution in [0.2, 0.25) is 0 Å². The zero-order valence-corrected chi connectivity index (χ0v) is 12.2. The van der Waals surface area contributed by atoms with E-state index in [0.717, 1.165) is 5.69 Å². The summed E-state index contributed by atoms with van der Waals surface area (Å²) in [5.41, 5.74) is 3.55. The van der Waals surface area contributed by atoms with E-state index in [1.54, 1.807) is 18.6 Å². The Bertz CT molecular complexity index is 508. The highest BCUT2D eigenvalue weighted by Crippen LogP contribution is 1.89. The summed E-state index contributed by atoms with van der Waals surface area (Å²) in [6.45, 7) is 6.04. The molecule has 0 radical (unpaired) electrons. The Balaban J connectivity index is 0.000000151. The maximum atomic E-state index is 3.98. The van der Waals surface area contributed by atoms with Gasteiger partial charge in [-0.25, -0.2) is 0 Å². The highest BCUT2D eigenvalue weighted by Gasteiger charge is 1.74. The molecule has 0 aliphatic rings. The third-order valence-corrected chi connectivity index (χ3v) is 2.41. The lowest BCUT2D eigenvalue weighted by atomic mass is 10.3. The van der Waals surface area contributed by atoms with Gasteiger partial charge in [0.15, 0.2) is 0 Å². The number of nitrogens with one attached hydrogen (secondary N) is 1. The van der Waals surface area contributed by atoms with Crippen LogP contribution in [0.1, 0.15) is 17.0 Å². The smallest absolute Gasteiger partial charge is 0.0372 e. The number of H-pyrrole nitrogens is 1. The summed E-state index contributed by atoms with van der Waals surface area (Å²) < 4.78 is 0. The normalized spacial score (nSPS) is 8.75. The van der Waals surface area contributed by atoms with Gasteiger partial charge in [0, 0.05) is 36.2 Å². The molecule has 0 saturated carbocycles. The minimum Gasteiger partial charge on any atom is -0.365 e. The summed E-state index contributed by atoms with van der Waals surface area (Å²) in [6, 6.07) is 13.8. The third-order valence-electron chi connectivity index (χ3n) is 2.41. The molecule has 3 aromatic heterocycles. The molecule has 104 valence electrons. The molecule has 0 spiro atoms. The number of rotatable bonds is 0. The van der Waals surface area contributed by atoms with Crippen LogP contribution in [-0.2, 0) is 0 Å². The molecule has 3 rings (SSSR count). The predicted molar refractivity (Wildman–Crippen MR) is 83.5 cm³/mol. The lowest BCUT2D eigenvalue weighted by Crippen LogP contribution is -1.72. The van der Waals surface area contributed by atoms with Crippen LogP contribution < -0.4 is 0 Å². The fraction of sp³-hybridized carbons (Fsp3) is 0.176. The summed E-state index contributed by atoms with van der Waals surface area (Å²) in [7, 11) is 0. The minimum absolute atomic E-state index is 1.07. The van der Waals surface area contributed by atoms with E-state index in [1.165, 1.54) is 11.3 Å². The first-order valence-corrected chi connectivity index (χ1v) is 6.52. The van der Waals surface area contributed by atoms with Gasteiger partial charge in [-0.2, -0.15) is 0 Å². The first-order valence-electron chi connectivity index (χ1n) is 6.52. The van der Waals surface area contributed by atoms with E-state index in [-0.39, 0.29) is 0 Å². The lowest BCUT2D eigenvalue weighted by Gasteiger charge is -1.82. The molecule has 0 aromatic carbocycles. The quantitative estimate of drug-likeness (QED) is 0.666. The molecule has 0 fully saturated rings. The molecule has 3 heteroatoms. The van der Waals surface area contributed by atoms with Crippen LogP contribution in [0.4, 0.5) is 0 Å². The summed E-state index contributed by atoms with van der Waals surface area (Å²) in [5.74, 6) is 0. The first-order chi connectivity index (χ1) is 9.68. The lowest BCUT2D eigenvalue weighted by molar-refractivity contribution is 1.20. The molecule has 0 saturated heterocycles. The van der Waals surface area contributed by atoms with Gasteiger partial charge >= 0.3 is 0 Å². The topological polar surface area (TPSA) is 41.6 Å². The second-order valence-electron chi connectivity index (χ2n) is 4.35. The van der Waals surface area contributed by atoms with Crippen LogP contribution in [0.3, 0.4) is 0 Å². The molecule has 0 bridgehead atoms. The molecule has 3 heterocycles. The number of nitrogens with zero attached hydrogens (tertiary/aromatic N) is 2. The molecule has 0 unspecified atom stereocenters. The van der Waals surface area contributed by atoms with E-state index in [4.69, 9.17) is 0 Å². The Morgan fingerprint density at radius 3 is 1.80 bits per heavy atom. The Kier molecular flexibility index (Phi) is 7.43. The van der Waals surface area contributed by atoms with Gasteiger partial charge in [-0.1, -0.05) is 6.07 Å². The number of aromatic amines is 1. The predicted octanol–water partition coefficient (Wildman–Crippen LogP) is 4.10. The number of aromatic nitrogens is 3. The van der Waals surface area contributed by atoms with Crippen LogP contribution in [0.15, 0.2) is 67.3 Å². The second kappa shape index (κ2) is 9.50. The van der Waals surface area contributed by atoms with Gasteiger partial charge in [0.25, 0.3) is 0 Å². The van der Waals surface area contributed by atoms with Crippen LogP contribution >= 0.6 is 0 Å². The van der Waals surface area contributed by atoms with E-state index in [1.807, 2.05) is 69.4 Å². The Labute approximate surface area is 120 Å². The maximum absolute atomic E-state index is 3.98. The summed E-state index contributed by atoms with van der Waals surface area (Å²) >= 11 is 0. The zero-order valence-electron chi connectivity index (χ0n) is 12.2. The van der Waals surface area contributed by atoms with E-state index in [9.17, 15) is 0 Å². The molecular weight excluding hydrogens is 246 g/mol.